The van der Waals surface area contributed by atoms with Crippen LogP contribution in [0.2, 0.25) is 0 Å². The van der Waals surface area contributed by atoms with Crippen molar-refractivity contribution in [2.24, 2.45) is 5.92 Å². The van der Waals surface area contributed by atoms with Gasteiger partial charge in [0.1, 0.15) is 6.04 Å². The van der Waals surface area contributed by atoms with Crippen molar-refractivity contribution in [3.05, 3.63) is 35.4 Å². The summed E-state index contributed by atoms with van der Waals surface area (Å²) >= 11 is 0. The zero-order valence-corrected chi connectivity index (χ0v) is 14.2. The fourth-order valence-corrected chi connectivity index (χ4v) is 3.39. The maximum Gasteiger partial charge on any atom is 0.321 e. The third-order valence-electron chi connectivity index (χ3n) is 3.13. The van der Waals surface area contributed by atoms with E-state index in [1.165, 1.54) is 31.3 Å². The number of rotatable bonds is 8. The van der Waals surface area contributed by atoms with Gasteiger partial charge in [0.25, 0.3) is 5.91 Å². The molecule has 1 atom stereocenters. The van der Waals surface area contributed by atoms with E-state index in [9.17, 15) is 18.0 Å². The smallest absolute Gasteiger partial charge is 0.321 e. The molecule has 7 nitrogen and oxygen atoms in total. The summed E-state index contributed by atoms with van der Waals surface area (Å²) < 4.78 is 26.4. The van der Waals surface area contributed by atoms with Crippen molar-refractivity contribution >= 4 is 21.9 Å². The van der Waals surface area contributed by atoms with Gasteiger partial charge in [-0.05, 0) is 30.0 Å². The first-order valence-electron chi connectivity index (χ1n) is 7.18. The summed E-state index contributed by atoms with van der Waals surface area (Å²) in [6.45, 7) is 3.64. The summed E-state index contributed by atoms with van der Waals surface area (Å²) in [6.07, 6.45) is 0.212. The topological polar surface area (TPSA) is 113 Å². The number of hydrogen-bond acceptors (Lipinski definition) is 4. The van der Waals surface area contributed by atoms with Gasteiger partial charge in [-0.3, -0.25) is 9.59 Å². The number of carbonyl (C=O) groups excluding carboxylic acids is 1. The van der Waals surface area contributed by atoms with Gasteiger partial charge in [0.15, 0.2) is 0 Å². The maximum atomic E-state index is 12.1. The second-order valence-corrected chi connectivity index (χ2v) is 7.43. The molecule has 0 fully saturated rings. The molecule has 0 aliphatic heterocycles. The molecule has 128 valence electrons. The second-order valence-electron chi connectivity index (χ2n) is 5.67. The lowest BCUT2D eigenvalue weighted by molar-refractivity contribution is -0.139. The minimum atomic E-state index is -3.79. The maximum absolute atomic E-state index is 12.1. The van der Waals surface area contributed by atoms with Crippen molar-refractivity contribution in [1.29, 1.82) is 0 Å². The van der Waals surface area contributed by atoms with Crippen molar-refractivity contribution in [1.82, 2.24) is 10.0 Å². The molecule has 3 N–H and O–H groups in total. The van der Waals surface area contributed by atoms with Gasteiger partial charge in [-0.2, -0.15) is 0 Å². The summed E-state index contributed by atoms with van der Waals surface area (Å²) in [5, 5.41) is 11.6. The van der Waals surface area contributed by atoms with Crippen LogP contribution in [0.5, 0.6) is 0 Å². The van der Waals surface area contributed by atoms with Crippen LogP contribution in [0.3, 0.4) is 0 Å². The molecule has 0 aromatic heterocycles. The van der Waals surface area contributed by atoms with Crippen LogP contribution in [0.4, 0.5) is 0 Å². The van der Waals surface area contributed by atoms with Gasteiger partial charge in [-0.15, -0.1) is 0 Å². The van der Waals surface area contributed by atoms with Gasteiger partial charge in [0.2, 0.25) is 10.0 Å². The average molecular weight is 342 g/mol. The van der Waals surface area contributed by atoms with Crippen LogP contribution in [0.1, 0.15) is 36.2 Å². The van der Waals surface area contributed by atoms with E-state index in [-0.39, 0.29) is 24.0 Å². The Labute approximate surface area is 136 Å². The van der Waals surface area contributed by atoms with E-state index in [1.54, 1.807) is 0 Å². The quantitative estimate of drug-likeness (QED) is 0.651. The van der Waals surface area contributed by atoms with Gasteiger partial charge >= 0.3 is 5.97 Å². The van der Waals surface area contributed by atoms with E-state index in [0.717, 1.165) is 0 Å². The van der Waals surface area contributed by atoms with E-state index >= 15 is 0 Å². The zero-order chi connectivity index (χ0) is 17.6. The molecule has 0 aliphatic rings. The van der Waals surface area contributed by atoms with Crippen molar-refractivity contribution < 1.29 is 23.1 Å². The summed E-state index contributed by atoms with van der Waals surface area (Å²) in [6, 6.07) is 4.95. The third-order valence-corrected chi connectivity index (χ3v) is 4.48. The van der Waals surface area contributed by atoms with Gasteiger partial charge < -0.3 is 10.4 Å². The van der Waals surface area contributed by atoms with E-state index < -0.39 is 22.0 Å². The Kier molecular flexibility index (Phi) is 6.71. The van der Waals surface area contributed by atoms with Crippen molar-refractivity contribution in [2.45, 2.75) is 32.1 Å². The lowest BCUT2D eigenvalue weighted by Gasteiger charge is -2.16. The summed E-state index contributed by atoms with van der Waals surface area (Å²) in [5.74, 6) is -1.76. The highest BCUT2D eigenvalue weighted by molar-refractivity contribution is 7.88. The third kappa shape index (κ3) is 6.37. The lowest BCUT2D eigenvalue weighted by Crippen LogP contribution is -2.42. The number of sulfonamides is 1. The number of benzene rings is 1. The molecule has 0 radical (unpaired) electrons. The Hall–Kier alpha value is -1.93. The average Bonchev–Trinajstić information content (AvgIpc) is 2.45. The van der Waals surface area contributed by atoms with Gasteiger partial charge in [0.05, 0.1) is 5.75 Å². The number of aliphatic carboxylic acids is 1. The Morgan fingerprint density at radius 3 is 2.17 bits per heavy atom. The first kappa shape index (κ1) is 19.1. The molecular formula is C15H22N2O5S. The first-order valence-corrected chi connectivity index (χ1v) is 8.83. The molecule has 0 heterocycles. The standard InChI is InChI=1S/C15H22N2O5S/c1-10(2)8-13(15(19)20)17-23(21,22)9-11-4-6-12(7-5-11)14(18)16-3/h4-7,10,13,17H,8-9H2,1-3H3,(H,16,18)(H,19,20)/t13-/m0/s1. The lowest BCUT2D eigenvalue weighted by atomic mass is 10.1. The number of hydrogen-bond donors (Lipinski definition) is 3. The molecule has 1 aromatic rings. The summed E-state index contributed by atoms with van der Waals surface area (Å²) in [5.41, 5.74) is 0.892. The van der Waals surface area contributed by atoms with Crippen molar-refractivity contribution in [3.8, 4) is 0 Å². The minimum absolute atomic E-state index is 0.0469. The summed E-state index contributed by atoms with van der Waals surface area (Å²) in [4.78, 5) is 22.6. The molecule has 1 rings (SSSR count). The molecule has 23 heavy (non-hydrogen) atoms. The highest BCUT2D eigenvalue weighted by Crippen LogP contribution is 2.11. The molecule has 0 unspecified atom stereocenters. The Balaban J connectivity index is 2.81. The Morgan fingerprint density at radius 1 is 1.17 bits per heavy atom. The number of carboxylic acid groups (broad SMARTS) is 1. The van der Waals surface area contributed by atoms with Crippen molar-refractivity contribution in [2.75, 3.05) is 7.05 Å². The van der Waals surface area contributed by atoms with Crippen LogP contribution in [0.15, 0.2) is 24.3 Å². The Morgan fingerprint density at radius 2 is 1.74 bits per heavy atom. The molecule has 0 saturated heterocycles. The number of nitrogens with one attached hydrogen (secondary N) is 2. The van der Waals surface area contributed by atoms with E-state index in [0.29, 0.717) is 11.1 Å². The van der Waals surface area contributed by atoms with Crippen LogP contribution >= 0.6 is 0 Å². The highest BCUT2D eigenvalue weighted by Gasteiger charge is 2.25. The van der Waals surface area contributed by atoms with E-state index in [4.69, 9.17) is 5.11 Å². The molecule has 1 amide bonds. The number of amides is 1. The van der Waals surface area contributed by atoms with Gasteiger partial charge in [-0.1, -0.05) is 26.0 Å². The van der Waals surface area contributed by atoms with Crippen molar-refractivity contribution in [3.63, 3.8) is 0 Å². The van der Waals surface area contributed by atoms with E-state index in [2.05, 4.69) is 10.0 Å². The largest absolute Gasteiger partial charge is 0.480 e. The molecule has 1 aromatic carbocycles. The minimum Gasteiger partial charge on any atom is -0.480 e. The fourth-order valence-electron chi connectivity index (χ4n) is 2.05. The molecule has 0 spiro atoms. The summed E-state index contributed by atoms with van der Waals surface area (Å²) in [7, 11) is -2.29. The SMILES string of the molecule is CNC(=O)c1ccc(CS(=O)(=O)N[C@@H](CC(C)C)C(=O)O)cc1. The first-order chi connectivity index (χ1) is 10.6. The Bertz CT molecular complexity index is 653. The van der Waals surface area contributed by atoms with Crippen LogP contribution in [0, 0.1) is 5.92 Å². The van der Waals surface area contributed by atoms with Crippen LogP contribution in [-0.2, 0) is 20.6 Å². The number of carbonyl (C=O) groups is 2. The second kappa shape index (κ2) is 8.07. The predicted octanol–water partition coefficient (Wildman–Crippen LogP) is 0.965. The van der Waals surface area contributed by atoms with Gasteiger partial charge in [-0.25, -0.2) is 13.1 Å². The van der Waals surface area contributed by atoms with E-state index in [1.807, 2.05) is 13.8 Å². The zero-order valence-electron chi connectivity index (χ0n) is 13.4. The van der Waals surface area contributed by atoms with Crippen LogP contribution < -0.4 is 10.0 Å². The fraction of sp³-hybridized carbons (Fsp3) is 0.467. The monoisotopic (exact) mass is 342 g/mol. The molecule has 0 aliphatic carbocycles. The van der Waals surface area contributed by atoms with Crippen LogP contribution in [-0.4, -0.2) is 38.5 Å². The highest BCUT2D eigenvalue weighted by atomic mass is 32.2. The predicted molar refractivity (Wildman–Crippen MR) is 86.5 cm³/mol. The normalized spacial score (nSPS) is 12.9. The molecule has 0 saturated carbocycles. The molecular weight excluding hydrogens is 320 g/mol. The molecule has 0 bridgehead atoms. The van der Waals surface area contributed by atoms with Crippen LogP contribution in [0.25, 0.3) is 0 Å². The number of carboxylic acids is 1. The molecule has 8 heteroatoms. The van der Waals surface area contributed by atoms with Gasteiger partial charge in [0, 0.05) is 12.6 Å².